The van der Waals surface area contributed by atoms with Crippen LogP contribution in [0.5, 0.6) is 0 Å². The summed E-state index contributed by atoms with van der Waals surface area (Å²) in [7, 11) is 1.98. The molecule has 0 amide bonds. The fraction of sp³-hybridized carbons (Fsp3) is 0.417. The van der Waals surface area contributed by atoms with Gasteiger partial charge in [0.25, 0.3) is 0 Å². The summed E-state index contributed by atoms with van der Waals surface area (Å²) in [5.41, 5.74) is 2.77. The van der Waals surface area contributed by atoms with Crippen LogP contribution in [-0.2, 0) is 11.3 Å². The second kappa shape index (κ2) is 3.99. The van der Waals surface area contributed by atoms with Crippen LogP contribution in [-0.4, -0.2) is 12.1 Å². The third-order valence-corrected chi connectivity index (χ3v) is 4.21. The summed E-state index contributed by atoms with van der Waals surface area (Å²) in [6.45, 7) is 1.85. The van der Waals surface area contributed by atoms with Crippen molar-refractivity contribution in [3.05, 3.63) is 35.4 Å². The van der Waals surface area contributed by atoms with E-state index in [1.165, 1.54) is 11.1 Å². The summed E-state index contributed by atoms with van der Waals surface area (Å²) in [5.74, 6) is 0. The Hall–Kier alpha value is -0.800. The third kappa shape index (κ3) is 1.82. The number of hydrogen-bond acceptors (Lipinski definition) is 3. The van der Waals surface area contributed by atoms with E-state index in [2.05, 4.69) is 29.6 Å². The average Bonchev–Trinajstić information content (AvgIpc) is 2.58. The molecule has 1 aliphatic rings. The lowest BCUT2D eigenvalue weighted by Gasteiger charge is -2.28. The maximum atomic E-state index is 7.65. The van der Waals surface area contributed by atoms with E-state index in [1.807, 2.05) is 14.0 Å². The van der Waals surface area contributed by atoms with Crippen LogP contribution in [0.15, 0.2) is 24.3 Å². The van der Waals surface area contributed by atoms with E-state index in [4.69, 9.17) is 5.41 Å². The van der Waals surface area contributed by atoms with Gasteiger partial charge in [-0.3, -0.25) is 5.41 Å². The van der Waals surface area contributed by atoms with Gasteiger partial charge in [-0.2, -0.15) is 0 Å². The maximum absolute atomic E-state index is 7.65. The van der Waals surface area contributed by atoms with Crippen LogP contribution in [0.25, 0.3) is 0 Å². The van der Waals surface area contributed by atoms with Gasteiger partial charge in [0.2, 0.25) is 0 Å². The molecular weight excluding hydrogens is 204 g/mol. The number of nitrogens with one attached hydrogen (secondary N) is 2. The standard InChI is InChI=1S/C12H16N2S/c1-9(13)15-12(14-2)8-7-10-5-3-4-6-11(10)12/h3-6,13-14H,7-8H2,1-2H3. The van der Waals surface area contributed by atoms with Crippen molar-refractivity contribution in [1.82, 2.24) is 5.32 Å². The van der Waals surface area contributed by atoms with E-state index in [0.29, 0.717) is 5.04 Å². The summed E-state index contributed by atoms with van der Waals surface area (Å²) >= 11 is 1.62. The molecule has 1 aromatic carbocycles. The van der Waals surface area contributed by atoms with E-state index in [9.17, 15) is 0 Å². The predicted octanol–water partition coefficient (Wildman–Crippen LogP) is 2.74. The molecule has 0 aliphatic heterocycles. The third-order valence-electron chi connectivity index (χ3n) is 2.93. The van der Waals surface area contributed by atoms with Crippen LogP contribution < -0.4 is 5.32 Å². The van der Waals surface area contributed by atoms with Gasteiger partial charge in [0.15, 0.2) is 0 Å². The Morgan fingerprint density at radius 3 is 2.87 bits per heavy atom. The highest BCUT2D eigenvalue weighted by Crippen LogP contribution is 2.45. The Bertz CT molecular complexity index is 389. The molecule has 0 radical (unpaired) electrons. The molecule has 1 unspecified atom stereocenters. The second-order valence-electron chi connectivity index (χ2n) is 3.89. The molecule has 0 spiro atoms. The fourth-order valence-corrected chi connectivity index (χ4v) is 3.39. The lowest BCUT2D eigenvalue weighted by atomic mass is 10.1. The van der Waals surface area contributed by atoms with E-state index < -0.39 is 0 Å². The van der Waals surface area contributed by atoms with Gasteiger partial charge in [-0.25, -0.2) is 0 Å². The fourth-order valence-electron chi connectivity index (χ4n) is 2.26. The summed E-state index contributed by atoms with van der Waals surface area (Å²) in [6.07, 6.45) is 2.18. The molecule has 1 aliphatic carbocycles. The second-order valence-corrected chi connectivity index (χ2v) is 5.41. The van der Waals surface area contributed by atoms with Crippen molar-refractivity contribution in [2.45, 2.75) is 24.6 Å². The topological polar surface area (TPSA) is 35.9 Å². The van der Waals surface area contributed by atoms with Crippen LogP contribution in [0.4, 0.5) is 0 Å². The molecule has 3 heteroatoms. The van der Waals surface area contributed by atoms with Gasteiger partial charge in [0, 0.05) is 0 Å². The highest BCUT2D eigenvalue weighted by atomic mass is 32.2. The summed E-state index contributed by atoms with van der Waals surface area (Å²) in [6, 6.07) is 8.53. The molecule has 80 valence electrons. The van der Waals surface area contributed by atoms with E-state index in [-0.39, 0.29) is 4.87 Å². The molecule has 0 bridgehead atoms. The number of benzene rings is 1. The number of thioether (sulfide) groups is 1. The highest BCUT2D eigenvalue weighted by Gasteiger charge is 2.38. The molecule has 2 N–H and O–H groups in total. The lowest BCUT2D eigenvalue weighted by molar-refractivity contribution is 0.534. The Labute approximate surface area is 95.0 Å². The molecule has 2 nitrogen and oxygen atoms in total. The van der Waals surface area contributed by atoms with Gasteiger partial charge in [-0.1, -0.05) is 36.0 Å². The zero-order valence-corrected chi connectivity index (χ0v) is 9.95. The normalized spacial score (nSPS) is 23.9. The largest absolute Gasteiger partial charge is 0.302 e. The molecule has 0 heterocycles. The minimum absolute atomic E-state index is 0.0670. The Morgan fingerprint density at radius 1 is 1.47 bits per heavy atom. The van der Waals surface area contributed by atoms with Crippen LogP contribution in [0.3, 0.4) is 0 Å². The average molecular weight is 220 g/mol. The monoisotopic (exact) mass is 220 g/mol. The van der Waals surface area contributed by atoms with E-state index in [0.717, 1.165) is 12.8 Å². The van der Waals surface area contributed by atoms with Gasteiger partial charge in [-0.15, -0.1) is 0 Å². The number of hydrogen-bond donors (Lipinski definition) is 2. The molecule has 1 atom stereocenters. The van der Waals surface area contributed by atoms with Gasteiger partial charge in [0.1, 0.15) is 0 Å². The smallest absolute Gasteiger partial charge is 0.0962 e. The van der Waals surface area contributed by atoms with Crippen molar-refractivity contribution >= 4 is 16.8 Å². The minimum Gasteiger partial charge on any atom is -0.302 e. The highest BCUT2D eigenvalue weighted by molar-refractivity contribution is 8.14. The van der Waals surface area contributed by atoms with Crippen molar-refractivity contribution in [2.75, 3.05) is 7.05 Å². The van der Waals surface area contributed by atoms with E-state index >= 15 is 0 Å². The van der Waals surface area contributed by atoms with Crippen molar-refractivity contribution in [3.8, 4) is 0 Å². The first kappa shape index (κ1) is 10.7. The SMILES string of the molecule is CNC1(SC(C)=N)CCc2ccccc21. The molecule has 0 fully saturated rings. The molecule has 2 rings (SSSR count). The summed E-state index contributed by atoms with van der Waals surface area (Å²) < 4.78 is 0. The molecule has 0 saturated heterocycles. The number of rotatable bonds is 2. The Kier molecular flexibility index (Phi) is 2.85. The number of fused-ring (bicyclic) bond motifs is 1. The maximum Gasteiger partial charge on any atom is 0.0962 e. The summed E-state index contributed by atoms with van der Waals surface area (Å²) in [4.78, 5) is -0.0670. The van der Waals surface area contributed by atoms with Crippen LogP contribution in [0.2, 0.25) is 0 Å². The minimum atomic E-state index is -0.0670. The predicted molar refractivity (Wildman–Crippen MR) is 66.5 cm³/mol. The van der Waals surface area contributed by atoms with Crippen LogP contribution >= 0.6 is 11.8 Å². The Balaban J connectivity index is 2.41. The zero-order chi connectivity index (χ0) is 10.9. The first-order valence-corrected chi connectivity index (χ1v) is 6.01. The molecule has 0 saturated carbocycles. The molecule has 0 aromatic heterocycles. The zero-order valence-electron chi connectivity index (χ0n) is 9.13. The first-order chi connectivity index (χ1) is 7.18. The van der Waals surface area contributed by atoms with Crippen LogP contribution in [0.1, 0.15) is 24.5 Å². The van der Waals surface area contributed by atoms with Gasteiger partial charge in [-0.05, 0) is 37.9 Å². The van der Waals surface area contributed by atoms with Crippen molar-refractivity contribution in [1.29, 1.82) is 5.41 Å². The van der Waals surface area contributed by atoms with Gasteiger partial charge >= 0.3 is 0 Å². The van der Waals surface area contributed by atoms with Crippen molar-refractivity contribution in [3.63, 3.8) is 0 Å². The molecular formula is C12H16N2S. The lowest BCUT2D eigenvalue weighted by Crippen LogP contribution is -2.35. The van der Waals surface area contributed by atoms with E-state index in [1.54, 1.807) is 11.8 Å². The Morgan fingerprint density at radius 2 is 2.20 bits per heavy atom. The first-order valence-electron chi connectivity index (χ1n) is 5.19. The quantitative estimate of drug-likeness (QED) is 0.457. The van der Waals surface area contributed by atoms with Gasteiger partial charge in [0.05, 0.1) is 9.91 Å². The van der Waals surface area contributed by atoms with Crippen molar-refractivity contribution < 1.29 is 0 Å². The summed E-state index contributed by atoms with van der Waals surface area (Å²) in [5, 5.41) is 11.7. The van der Waals surface area contributed by atoms with Crippen LogP contribution in [0, 0.1) is 5.41 Å². The number of aryl methyl sites for hydroxylation is 1. The molecule has 15 heavy (non-hydrogen) atoms. The van der Waals surface area contributed by atoms with Gasteiger partial charge < -0.3 is 5.32 Å². The van der Waals surface area contributed by atoms with Crippen molar-refractivity contribution in [2.24, 2.45) is 0 Å². The molecule has 1 aromatic rings.